The van der Waals surface area contributed by atoms with Gasteiger partial charge in [-0.25, -0.2) is 0 Å². The molecule has 0 heterocycles. The van der Waals surface area contributed by atoms with Gasteiger partial charge in [-0.2, -0.15) is 0 Å². The predicted molar refractivity (Wildman–Crippen MR) is 283 cm³/mol. The topological polar surface area (TPSA) is 0 Å². The average Bonchev–Trinajstić information content (AvgIpc) is 3.19. The van der Waals surface area contributed by atoms with Gasteiger partial charge in [-0.05, 0) is 211 Å². The van der Waals surface area contributed by atoms with Crippen LogP contribution in [0.2, 0.25) is 0 Å². The van der Waals surface area contributed by atoms with E-state index in [1.807, 2.05) is 13.8 Å². The number of aryl methyl sites for hydroxylation is 16. The standard InChI is InChI=1S/C14H16.C10H14.4C8H10.C2H6.CH4.2CH3.W/c1-9-5-13-7-11(3)12(4)8-14(13)6-10(9)2;1-7-5-9(3)10(4)6-8(7)2;4*1-7-5-3-4-6-8(7)2;1-2;;;;/h5-8H,1-4H3;5-6H,1-4H3;4*3-6H,1-2H3;1-2H3;1H4;2*1H3;/q;;;;;;;;2*-1;+2. The van der Waals surface area contributed by atoms with Crippen molar-refractivity contribution in [2.24, 2.45) is 0 Å². The third kappa shape index (κ3) is 23.6. The molecule has 0 N–H and O–H groups in total. The van der Waals surface area contributed by atoms with Crippen molar-refractivity contribution < 1.29 is 21.1 Å². The summed E-state index contributed by atoms with van der Waals surface area (Å²) >= 11 is 0. The van der Waals surface area contributed by atoms with Crippen molar-refractivity contribution in [3.63, 3.8) is 0 Å². The number of hydrogen-bond acceptors (Lipinski definition) is 0. The minimum absolute atomic E-state index is 0. The van der Waals surface area contributed by atoms with Gasteiger partial charge in [0.1, 0.15) is 0 Å². The molecule has 0 radical (unpaired) electrons. The third-order valence-corrected chi connectivity index (χ3v) is 10.9. The monoisotopic (exact) mass is 1000 g/mol. The first-order chi connectivity index (χ1) is 27.4. The smallest absolute Gasteiger partial charge is 0.358 e. The van der Waals surface area contributed by atoms with Crippen LogP contribution in [-0.4, -0.2) is 0 Å². The van der Waals surface area contributed by atoms with E-state index in [0.717, 1.165) is 0 Å². The summed E-state index contributed by atoms with van der Waals surface area (Å²) in [5.74, 6) is 0. The van der Waals surface area contributed by atoms with E-state index in [-0.39, 0.29) is 43.3 Å². The Hall–Kier alpha value is -4.51. The van der Waals surface area contributed by atoms with Crippen molar-refractivity contribution in [1.29, 1.82) is 0 Å². The van der Waals surface area contributed by atoms with E-state index in [2.05, 4.69) is 244 Å². The Morgan fingerprint density at radius 2 is 0.323 bits per heavy atom. The molecule has 0 aliphatic carbocycles. The second-order valence-corrected chi connectivity index (χ2v) is 15.6. The number of hydrogen-bond donors (Lipinski definition) is 0. The fourth-order valence-corrected chi connectivity index (χ4v) is 5.56. The molecule has 0 unspecified atom stereocenters. The van der Waals surface area contributed by atoms with Crippen LogP contribution >= 0.6 is 0 Å². The van der Waals surface area contributed by atoms with Gasteiger partial charge in [-0.1, -0.05) is 155 Å². The summed E-state index contributed by atoms with van der Waals surface area (Å²) in [6.07, 6.45) is 0. The molecule has 0 spiro atoms. The van der Waals surface area contributed by atoms with Crippen molar-refractivity contribution in [2.75, 3.05) is 0 Å². The SMILES string of the molecule is C.CC.Cc1cc(C)c(C)cc1C.Cc1cc2cc(C)c(C)cc2cc1C.Cc1ccccc1C.Cc1ccccc1C.Cc1ccccc1C.Cc1ccccc1C.[CH3-].[CH3-].[W+2]. The maximum absolute atomic E-state index is 2.27. The molecule has 0 aliphatic rings. The number of fused-ring (bicyclic) bond motifs is 1. The molecule has 62 heavy (non-hydrogen) atoms. The van der Waals surface area contributed by atoms with Crippen LogP contribution in [0.1, 0.15) is 110 Å². The van der Waals surface area contributed by atoms with Crippen molar-refractivity contribution in [2.45, 2.75) is 132 Å². The van der Waals surface area contributed by atoms with Crippen molar-refractivity contribution in [3.05, 3.63) is 237 Å². The fraction of sp³-hybridized carbons (Fsp3) is 0.311. The van der Waals surface area contributed by atoms with Crippen molar-refractivity contribution in [3.8, 4) is 0 Å². The second kappa shape index (κ2) is 34.0. The first kappa shape index (κ1) is 64.1. The van der Waals surface area contributed by atoms with Gasteiger partial charge in [0, 0.05) is 0 Å². The maximum Gasteiger partial charge on any atom is 2.00 e. The van der Waals surface area contributed by atoms with E-state index in [4.69, 9.17) is 0 Å². The Balaban J connectivity index is -0.000000323. The molecule has 0 bridgehead atoms. The minimum atomic E-state index is 0. The molecule has 0 nitrogen and oxygen atoms in total. The van der Waals surface area contributed by atoms with Crippen molar-refractivity contribution in [1.82, 2.24) is 0 Å². The van der Waals surface area contributed by atoms with Crippen LogP contribution in [-0.2, 0) is 21.1 Å². The van der Waals surface area contributed by atoms with Gasteiger partial charge in [-0.15, -0.1) is 0 Å². The van der Waals surface area contributed by atoms with Crippen LogP contribution in [0.15, 0.2) is 133 Å². The average molecular weight is 1000 g/mol. The van der Waals surface area contributed by atoms with Crippen LogP contribution in [0, 0.1) is 126 Å². The molecular formula is C61H86W. The van der Waals surface area contributed by atoms with E-state index in [9.17, 15) is 0 Å². The van der Waals surface area contributed by atoms with Crippen LogP contribution in [0.3, 0.4) is 0 Å². The second-order valence-electron chi connectivity index (χ2n) is 15.6. The summed E-state index contributed by atoms with van der Waals surface area (Å²) in [5, 5.41) is 2.72. The van der Waals surface area contributed by atoms with E-state index in [1.165, 1.54) is 99.8 Å². The molecule has 7 rings (SSSR count). The van der Waals surface area contributed by atoms with E-state index >= 15 is 0 Å². The van der Waals surface area contributed by atoms with Gasteiger partial charge in [0.2, 0.25) is 0 Å². The summed E-state index contributed by atoms with van der Waals surface area (Å²) < 4.78 is 0. The quantitative estimate of drug-likeness (QED) is 0.133. The van der Waals surface area contributed by atoms with Crippen LogP contribution in [0.4, 0.5) is 0 Å². The molecule has 0 fully saturated rings. The van der Waals surface area contributed by atoms with Gasteiger partial charge < -0.3 is 14.9 Å². The molecule has 0 saturated heterocycles. The largest absolute Gasteiger partial charge is 2.00 e. The molecule has 0 aliphatic heterocycles. The zero-order valence-electron chi connectivity index (χ0n) is 42.1. The van der Waals surface area contributed by atoms with Crippen LogP contribution in [0.5, 0.6) is 0 Å². The van der Waals surface area contributed by atoms with Crippen LogP contribution in [0.25, 0.3) is 10.8 Å². The molecule has 0 amide bonds. The summed E-state index contributed by atoms with van der Waals surface area (Å²) in [4.78, 5) is 0. The predicted octanol–water partition coefficient (Wildman–Crippen LogP) is 18.8. The van der Waals surface area contributed by atoms with Crippen LogP contribution < -0.4 is 0 Å². The summed E-state index contributed by atoms with van der Waals surface area (Å²) in [6.45, 7) is 38.3. The van der Waals surface area contributed by atoms with E-state index < -0.39 is 0 Å². The summed E-state index contributed by atoms with van der Waals surface area (Å²) in [5.41, 5.74) is 22.0. The first-order valence-corrected chi connectivity index (χ1v) is 21.0. The number of rotatable bonds is 0. The molecule has 1 heteroatoms. The van der Waals surface area contributed by atoms with Crippen molar-refractivity contribution >= 4 is 10.8 Å². The molecule has 0 atom stereocenters. The Labute approximate surface area is 399 Å². The minimum Gasteiger partial charge on any atom is -0.358 e. The van der Waals surface area contributed by atoms with Gasteiger partial charge in [0.05, 0.1) is 0 Å². The molecule has 0 saturated carbocycles. The summed E-state index contributed by atoms with van der Waals surface area (Å²) in [7, 11) is 0. The normalized spacial score (nSPS) is 8.94. The molecule has 7 aromatic rings. The number of benzene rings is 7. The Bertz CT molecular complexity index is 1870. The van der Waals surface area contributed by atoms with Gasteiger partial charge >= 0.3 is 21.1 Å². The molecular weight excluding hydrogens is 917 g/mol. The Kier molecular flexibility index (Phi) is 35.2. The first-order valence-electron chi connectivity index (χ1n) is 21.0. The van der Waals surface area contributed by atoms with Gasteiger partial charge in [0.25, 0.3) is 0 Å². The zero-order chi connectivity index (χ0) is 43.9. The Morgan fingerprint density at radius 1 is 0.210 bits per heavy atom. The third-order valence-electron chi connectivity index (χ3n) is 10.9. The van der Waals surface area contributed by atoms with E-state index in [0.29, 0.717) is 0 Å². The maximum atomic E-state index is 2.27. The zero-order valence-corrected chi connectivity index (χ0v) is 45.0. The van der Waals surface area contributed by atoms with Gasteiger partial charge in [0.15, 0.2) is 0 Å². The Morgan fingerprint density at radius 3 is 0.435 bits per heavy atom. The molecule has 0 aromatic heterocycles. The summed E-state index contributed by atoms with van der Waals surface area (Å²) in [6, 6.07) is 47.0. The molecule has 7 aromatic carbocycles. The fourth-order valence-electron chi connectivity index (χ4n) is 5.56. The molecule has 336 valence electrons. The van der Waals surface area contributed by atoms with E-state index in [1.54, 1.807) is 0 Å². The van der Waals surface area contributed by atoms with Gasteiger partial charge in [-0.3, -0.25) is 0 Å².